The zero-order valence-corrected chi connectivity index (χ0v) is 10.1. The van der Waals surface area contributed by atoms with Crippen LogP contribution >= 0.6 is 11.6 Å². The topological polar surface area (TPSA) is 25.8 Å². The second-order valence-electron chi connectivity index (χ2n) is 3.67. The molecule has 0 aliphatic heterocycles. The molecule has 1 aromatic heterocycles. The molecule has 82 valence electrons. The highest BCUT2D eigenvalue weighted by Crippen LogP contribution is 2.22. The zero-order chi connectivity index (χ0) is 11.5. The number of hydrogen-bond acceptors (Lipinski definition) is 2. The Labute approximate surface area is 100 Å². The number of benzene rings is 1. The molecule has 16 heavy (non-hydrogen) atoms. The summed E-state index contributed by atoms with van der Waals surface area (Å²) in [6, 6.07) is 9.91. The van der Waals surface area contributed by atoms with E-state index >= 15 is 0 Å². The van der Waals surface area contributed by atoms with Crippen molar-refractivity contribution in [2.45, 2.75) is 20.3 Å². The van der Waals surface area contributed by atoms with Gasteiger partial charge < -0.3 is 0 Å². The Hall–Kier alpha value is -1.41. The van der Waals surface area contributed by atoms with E-state index in [1.807, 2.05) is 25.1 Å². The standard InChI is InChI=1S/C13H13ClN2/c1-3-10-6-4-5-7-11(10)13-15-9(2)8-12(14)16-13/h4-8H,3H2,1-2H3. The quantitative estimate of drug-likeness (QED) is 0.739. The minimum atomic E-state index is 0.494. The van der Waals surface area contributed by atoms with Crippen molar-refractivity contribution in [2.24, 2.45) is 0 Å². The smallest absolute Gasteiger partial charge is 0.161 e. The Bertz CT molecular complexity index is 489. The Balaban J connectivity index is 2.58. The molecule has 0 aliphatic carbocycles. The van der Waals surface area contributed by atoms with Crippen LogP contribution in [-0.2, 0) is 6.42 Å². The van der Waals surface area contributed by atoms with Gasteiger partial charge in [0.15, 0.2) is 5.82 Å². The van der Waals surface area contributed by atoms with Gasteiger partial charge in [0.05, 0.1) is 0 Å². The highest BCUT2D eigenvalue weighted by molar-refractivity contribution is 6.29. The summed E-state index contributed by atoms with van der Waals surface area (Å²) in [6.45, 7) is 4.04. The van der Waals surface area contributed by atoms with Gasteiger partial charge in [-0.05, 0) is 25.0 Å². The lowest BCUT2D eigenvalue weighted by Gasteiger charge is -2.07. The average Bonchev–Trinajstić information content (AvgIpc) is 2.27. The molecule has 0 saturated carbocycles. The van der Waals surface area contributed by atoms with E-state index in [1.165, 1.54) is 5.56 Å². The average molecular weight is 233 g/mol. The third-order valence-electron chi connectivity index (χ3n) is 2.46. The van der Waals surface area contributed by atoms with Gasteiger partial charge in [0, 0.05) is 11.3 Å². The minimum Gasteiger partial charge on any atom is -0.233 e. The first-order valence-electron chi connectivity index (χ1n) is 5.30. The predicted molar refractivity (Wildman–Crippen MR) is 66.6 cm³/mol. The molecule has 0 unspecified atom stereocenters. The van der Waals surface area contributed by atoms with Crippen LogP contribution in [0.5, 0.6) is 0 Å². The van der Waals surface area contributed by atoms with Crippen LogP contribution < -0.4 is 0 Å². The van der Waals surface area contributed by atoms with Crippen LogP contribution in [0.1, 0.15) is 18.2 Å². The normalized spacial score (nSPS) is 10.4. The summed E-state index contributed by atoms with van der Waals surface area (Å²) in [5.74, 6) is 0.711. The van der Waals surface area contributed by atoms with Crippen LogP contribution in [0, 0.1) is 6.92 Å². The van der Waals surface area contributed by atoms with Crippen molar-refractivity contribution in [1.82, 2.24) is 9.97 Å². The number of nitrogens with zero attached hydrogens (tertiary/aromatic N) is 2. The summed E-state index contributed by atoms with van der Waals surface area (Å²) < 4.78 is 0. The van der Waals surface area contributed by atoms with Crippen LogP contribution in [0.2, 0.25) is 5.15 Å². The lowest BCUT2D eigenvalue weighted by Crippen LogP contribution is -1.95. The minimum absolute atomic E-state index is 0.494. The fourth-order valence-electron chi connectivity index (χ4n) is 1.70. The van der Waals surface area contributed by atoms with Gasteiger partial charge in [-0.25, -0.2) is 9.97 Å². The van der Waals surface area contributed by atoms with Gasteiger partial charge in [0.25, 0.3) is 0 Å². The maximum absolute atomic E-state index is 5.94. The number of rotatable bonds is 2. The van der Waals surface area contributed by atoms with E-state index in [0.717, 1.165) is 17.7 Å². The van der Waals surface area contributed by atoms with Gasteiger partial charge in [-0.3, -0.25) is 0 Å². The molecule has 0 atom stereocenters. The highest BCUT2D eigenvalue weighted by Gasteiger charge is 2.07. The zero-order valence-electron chi connectivity index (χ0n) is 9.37. The first kappa shape index (κ1) is 11.1. The Kier molecular flexibility index (Phi) is 3.20. The maximum atomic E-state index is 5.94. The largest absolute Gasteiger partial charge is 0.233 e. The van der Waals surface area contributed by atoms with Crippen molar-refractivity contribution < 1.29 is 0 Å². The van der Waals surface area contributed by atoms with E-state index in [0.29, 0.717) is 11.0 Å². The third kappa shape index (κ3) is 2.22. The molecule has 3 heteroatoms. The van der Waals surface area contributed by atoms with Crippen molar-refractivity contribution in [3.05, 3.63) is 46.7 Å². The molecule has 2 rings (SSSR count). The molecule has 0 amide bonds. The summed E-state index contributed by atoms with van der Waals surface area (Å²) >= 11 is 5.94. The van der Waals surface area contributed by atoms with E-state index in [-0.39, 0.29) is 0 Å². The van der Waals surface area contributed by atoms with Crippen LogP contribution in [0.3, 0.4) is 0 Å². The van der Waals surface area contributed by atoms with Gasteiger partial charge in [0.2, 0.25) is 0 Å². The number of halogens is 1. The molecule has 0 fully saturated rings. The molecule has 0 bridgehead atoms. The second-order valence-corrected chi connectivity index (χ2v) is 4.05. The van der Waals surface area contributed by atoms with E-state index in [1.54, 1.807) is 6.07 Å². The highest BCUT2D eigenvalue weighted by atomic mass is 35.5. The number of aromatic nitrogens is 2. The SMILES string of the molecule is CCc1ccccc1-c1nc(C)cc(Cl)n1. The molecule has 1 aromatic carbocycles. The molecule has 0 saturated heterocycles. The fourth-order valence-corrected chi connectivity index (χ4v) is 1.94. The van der Waals surface area contributed by atoms with E-state index < -0.39 is 0 Å². The number of hydrogen-bond donors (Lipinski definition) is 0. The van der Waals surface area contributed by atoms with Crippen LogP contribution in [0.25, 0.3) is 11.4 Å². The summed E-state index contributed by atoms with van der Waals surface area (Å²) in [7, 11) is 0. The van der Waals surface area contributed by atoms with Gasteiger partial charge >= 0.3 is 0 Å². The number of aryl methyl sites for hydroxylation is 2. The molecular weight excluding hydrogens is 220 g/mol. The van der Waals surface area contributed by atoms with Gasteiger partial charge in [-0.2, -0.15) is 0 Å². The van der Waals surface area contributed by atoms with Crippen molar-refractivity contribution in [3.63, 3.8) is 0 Å². The van der Waals surface area contributed by atoms with Crippen LogP contribution in [-0.4, -0.2) is 9.97 Å². The molecule has 2 nitrogen and oxygen atoms in total. The van der Waals surface area contributed by atoms with Crippen LogP contribution in [0.4, 0.5) is 0 Å². The lowest BCUT2D eigenvalue weighted by molar-refractivity contribution is 1.08. The van der Waals surface area contributed by atoms with E-state index in [2.05, 4.69) is 23.0 Å². The van der Waals surface area contributed by atoms with Crippen molar-refractivity contribution in [2.75, 3.05) is 0 Å². The molecule has 1 heterocycles. The van der Waals surface area contributed by atoms with Gasteiger partial charge in [-0.15, -0.1) is 0 Å². The second kappa shape index (κ2) is 4.62. The molecule has 0 aliphatic rings. The lowest BCUT2D eigenvalue weighted by atomic mass is 10.0. The first-order valence-corrected chi connectivity index (χ1v) is 5.68. The summed E-state index contributed by atoms with van der Waals surface area (Å²) in [5, 5.41) is 0.494. The summed E-state index contributed by atoms with van der Waals surface area (Å²) in [6.07, 6.45) is 0.963. The summed E-state index contributed by atoms with van der Waals surface area (Å²) in [5.41, 5.74) is 3.20. The third-order valence-corrected chi connectivity index (χ3v) is 2.66. The first-order chi connectivity index (χ1) is 7.70. The molecule has 0 radical (unpaired) electrons. The van der Waals surface area contributed by atoms with Gasteiger partial charge in [-0.1, -0.05) is 42.8 Å². The van der Waals surface area contributed by atoms with Gasteiger partial charge in [0.1, 0.15) is 5.15 Å². The molecular formula is C13H13ClN2. The molecule has 2 aromatic rings. The summed E-state index contributed by atoms with van der Waals surface area (Å²) in [4.78, 5) is 8.68. The van der Waals surface area contributed by atoms with Crippen molar-refractivity contribution in [3.8, 4) is 11.4 Å². The Morgan fingerprint density at radius 2 is 1.94 bits per heavy atom. The van der Waals surface area contributed by atoms with Crippen LogP contribution in [0.15, 0.2) is 30.3 Å². The van der Waals surface area contributed by atoms with Crippen molar-refractivity contribution in [1.29, 1.82) is 0 Å². The van der Waals surface area contributed by atoms with Crippen molar-refractivity contribution >= 4 is 11.6 Å². The Morgan fingerprint density at radius 1 is 1.19 bits per heavy atom. The Morgan fingerprint density at radius 3 is 2.62 bits per heavy atom. The molecule has 0 spiro atoms. The monoisotopic (exact) mass is 232 g/mol. The fraction of sp³-hybridized carbons (Fsp3) is 0.231. The predicted octanol–water partition coefficient (Wildman–Crippen LogP) is 3.67. The van der Waals surface area contributed by atoms with E-state index in [4.69, 9.17) is 11.6 Å². The van der Waals surface area contributed by atoms with E-state index in [9.17, 15) is 0 Å². The maximum Gasteiger partial charge on any atom is 0.161 e. The molecule has 0 N–H and O–H groups in total.